The predicted molar refractivity (Wildman–Crippen MR) is 139 cm³/mol. The van der Waals surface area contributed by atoms with Gasteiger partial charge in [0.05, 0.1) is 23.1 Å². The first-order valence-corrected chi connectivity index (χ1v) is 13.1. The molecule has 1 heterocycles. The smallest absolute Gasteiger partial charge is 0.261 e. The summed E-state index contributed by atoms with van der Waals surface area (Å²) in [6.07, 6.45) is 7.59. The van der Waals surface area contributed by atoms with Crippen LogP contribution in [-0.2, 0) is 4.79 Å². The lowest BCUT2D eigenvalue weighted by Crippen LogP contribution is -2.51. The van der Waals surface area contributed by atoms with Crippen molar-refractivity contribution in [3.8, 4) is 0 Å². The highest BCUT2D eigenvalue weighted by Crippen LogP contribution is 2.36. The maximum absolute atomic E-state index is 13.6. The number of amides is 3. The Balaban J connectivity index is 1.42. The van der Waals surface area contributed by atoms with Crippen molar-refractivity contribution in [2.24, 2.45) is 5.92 Å². The lowest BCUT2D eigenvalue weighted by Gasteiger charge is -2.36. The van der Waals surface area contributed by atoms with Crippen molar-refractivity contribution in [1.82, 2.24) is 10.2 Å². The first kappa shape index (κ1) is 23.5. The fourth-order valence-electron chi connectivity index (χ4n) is 5.85. The van der Waals surface area contributed by atoms with Crippen molar-refractivity contribution in [2.45, 2.75) is 77.3 Å². The Labute approximate surface area is 206 Å². The minimum absolute atomic E-state index is 0.0216. The number of benzene rings is 3. The van der Waals surface area contributed by atoms with Crippen LogP contribution in [0.5, 0.6) is 0 Å². The Bertz CT molecular complexity index is 1220. The van der Waals surface area contributed by atoms with Crippen LogP contribution in [0.1, 0.15) is 85.9 Å². The molecule has 1 saturated carbocycles. The van der Waals surface area contributed by atoms with Gasteiger partial charge in [-0.2, -0.15) is 0 Å². The molecule has 182 valence electrons. The zero-order chi connectivity index (χ0) is 24.5. The average molecular weight is 471 g/mol. The van der Waals surface area contributed by atoms with E-state index < -0.39 is 0 Å². The van der Waals surface area contributed by atoms with Crippen molar-refractivity contribution in [1.29, 1.82) is 0 Å². The van der Waals surface area contributed by atoms with Gasteiger partial charge in [0, 0.05) is 6.04 Å². The molecule has 5 heteroatoms. The summed E-state index contributed by atoms with van der Waals surface area (Å²) in [7, 11) is 0. The van der Waals surface area contributed by atoms with Crippen LogP contribution < -0.4 is 5.32 Å². The van der Waals surface area contributed by atoms with Crippen LogP contribution in [0.2, 0.25) is 0 Å². The zero-order valence-electron chi connectivity index (χ0n) is 20.7. The number of nitrogens with zero attached hydrogens (tertiary/aromatic N) is 1. The summed E-state index contributed by atoms with van der Waals surface area (Å²) in [6, 6.07) is 15.7. The largest absolute Gasteiger partial charge is 0.353 e. The van der Waals surface area contributed by atoms with Gasteiger partial charge < -0.3 is 5.32 Å². The zero-order valence-corrected chi connectivity index (χ0v) is 20.7. The Kier molecular flexibility index (Phi) is 6.59. The SMILES string of the molecule is CCCCC[C@@H](C)NC(=O)[C@@H]1CCCC[C@H]1N1C(=O)c2cc3cc4ccccc4cc3cc2C1=O. The predicted octanol–water partition coefficient (Wildman–Crippen LogP) is 6.23. The van der Waals surface area contributed by atoms with E-state index in [0.29, 0.717) is 24.0 Å². The molecule has 3 aromatic rings. The average Bonchev–Trinajstić information content (AvgIpc) is 3.10. The fraction of sp³-hybridized carbons (Fsp3) is 0.433. The van der Waals surface area contributed by atoms with Crippen LogP contribution in [0.3, 0.4) is 0 Å². The number of fused-ring (bicyclic) bond motifs is 3. The highest BCUT2D eigenvalue weighted by Gasteiger charge is 2.45. The monoisotopic (exact) mass is 470 g/mol. The van der Waals surface area contributed by atoms with Gasteiger partial charge in [-0.15, -0.1) is 0 Å². The minimum atomic E-state index is -0.388. The third kappa shape index (κ3) is 4.44. The number of nitrogens with one attached hydrogen (secondary N) is 1. The highest BCUT2D eigenvalue weighted by molar-refractivity contribution is 6.23. The molecular formula is C30H34N2O3. The number of carbonyl (C=O) groups excluding carboxylic acids is 3. The summed E-state index contributed by atoms with van der Waals surface area (Å²) in [4.78, 5) is 41.8. The molecule has 0 spiro atoms. The maximum atomic E-state index is 13.6. The Morgan fingerprint density at radius 2 is 1.51 bits per heavy atom. The third-order valence-corrected chi connectivity index (χ3v) is 7.77. The van der Waals surface area contributed by atoms with Gasteiger partial charge >= 0.3 is 0 Å². The molecule has 0 saturated heterocycles. The van der Waals surface area contributed by atoms with Gasteiger partial charge in [-0.3, -0.25) is 19.3 Å². The van der Waals surface area contributed by atoms with Crippen molar-refractivity contribution in [3.05, 3.63) is 59.7 Å². The number of rotatable bonds is 7. The first-order chi connectivity index (χ1) is 17.0. The molecule has 2 aliphatic rings. The molecule has 0 bridgehead atoms. The van der Waals surface area contributed by atoms with Crippen LogP contribution in [0.15, 0.2) is 48.5 Å². The van der Waals surface area contributed by atoms with Gasteiger partial charge in [-0.05, 0) is 72.0 Å². The van der Waals surface area contributed by atoms with E-state index >= 15 is 0 Å². The van der Waals surface area contributed by atoms with E-state index in [4.69, 9.17) is 0 Å². The van der Waals surface area contributed by atoms with Gasteiger partial charge in [0.2, 0.25) is 5.91 Å². The Morgan fingerprint density at radius 3 is 2.11 bits per heavy atom. The second-order valence-corrected chi connectivity index (χ2v) is 10.3. The standard InChI is InChI=1S/C30H34N2O3/c1-3-4-5-10-19(2)31-28(33)24-13-8-9-14-27(24)32-29(34)25-17-22-15-20-11-6-7-12-21(20)16-23(22)18-26(25)30(32)35/h6-7,11-12,15-19,24,27H,3-5,8-10,13-14H2,1-2H3,(H,31,33)/t19-,24-,27-/m1/s1. The van der Waals surface area contributed by atoms with E-state index in [2.05, 4.69) is 36.5 Å². The van der Waals surface area contributed by atoms with Gasteiger partial charge in [0.15, 0.2) is 0 Å². The number of unbranched alkanes of at least 4 members (excludes halogenated alkanes) is 2. The summed E-state index contributed by atoms with van der Waals surface area (Å²) in [5.41, 5.74) is 0.908. The molecule has 1 N–H and O–H groups in total. The molecule has 3 aromatic carbocycles. The van der Waals surface area contributed by atoms with Gasteiger partial charge in [0.25, 0.3) is 11.8 Å². The molecule has 0 unspecified atom stereocenters. The quantitative estimate of drug-likeness (QED) is 0.253. The summed E-state index contributed by atoms with van der Waals surface area (Å²) < 4.78 is 0. The molecule has 0 radical (unpaired) electrons. The molecule has 0 aromatic heterocycles. The number of imide groups is 1. The van der Waals surface area contributed by atoms with E-state index in [1.165, 1.54) is 4.90 Å². The molecule has 5 nitrogen and oxygen atoms in total. The van der Waals surface area contributed by atoms with Crippen molar-refractivity contribution in [3.63, 3.8) is 0 Å². The normalized spacial score (nSPS) is 20.9. The molecule has 35 heavy (non-hydrogen) atoms. The van der Waals surface area contributed by atoms with E-state index in [1.54, 1.807) is 0 Å². The molecular weight excluding hydrogens is 436 g/mol. The first-order valence-electron chi connectivity index (χ1n) is 13.1. The topological polar surface area (TPSA) is 66.5 Å². The lowest BCUT2D eigenvalue weighted by atomic mass is 9.82. The molecule has 1 aliphatic heterocycles. The second kappa shape index (κ2) is 9.80. The lowest BCUT2D eigenvalue weighted by molar-refractivity contribution is -0.128. The van der Waals surface area contributed by atoms with E-state index in [-0.39, 0.29) is 35.7 Å². The van der Waals surface area contributed by atoms with Crippen LogP contribution in [-0.4, -0.2) is 34.7 Å². The number of hydrogen-bond acceptors (Lipinski definition) is 3. The summed E-state index contributed by atoms with van der Waals surface area (Å²) in [5.74, 6) is -0.898. The summed E-state index contributed by atoms with van der Waals surface area (Å²) in [5, 5.41) is 7.27. The molecule has 1 fully saturated rings. The fourth-order valence-corrected chi connectivity index (χ4v) is 5.85. The van der Waals surface area contributed by atoms with Crippen molar-refractivity contribution < 1.29 is 14.4 Å². The van der Waals surface area contributed by atoms with E-state index in [1.807, 2.05) is 31.2 Å². The van der Waals surface area contributed by atoms with Gasteiger partial charge in [0.1, 0.15) is 0 Å². The summed E-state index contributed by atoms with van der Waals surface area (Å²) in [6.45, 7) is 4.21. The molecule has 1 aliphatic carbocycles. The second-order valence-electron chi connectivity index (χ2n) is 10.3. The number of carbonyl (C=O) groups is 3. The van der Waals surface area contributed by atoms with E-state index in [0.717, 1.165) is 60.1 Å². The molecule has 3 atom stereocenters. The Morgan fingerprint density at radius 1 is 0.914 bits per heavy atom. The third-order valence-electron chi connectivity index (χ3n) is 7.77. The van der Waals surface area contributed by atoms with Crippen LogP contribution in [0, 0.1) is 5.92 Å². The minimum Gasteiger partial charge on any atom is -0.353 e. The highest BCUT2D eigenvalue weighted by atomic mass is 16.2. The number of hydrogen-bond donors (Lipinski definition) is 1. The van der Waals surface area contributed by atoms with Crippen LogP contribution >= 0.6 is 0 Å². The van der Waals surface area contributed by atoms with Crippen LogP contribution in [0.4, 0.5) is 0 Å². The van der Waals surface area contributed by atoms with Crippen LogP contribution in [0.25, 0.3) is 21.5 Å². The Hall–Kier alpha value is -3.21. The van der Waals surface area contributed by atoms with Crippen molar-refractivity contribution >= 4 is 39.3 Å². The van der Waals surface area contributed by atoms with Crippen molar-refractivity contribution in [2.75, 3.05) is 0 Å². The van der Waals surface area contributed by atoms with Gasteiger partial charge in [-0.25, -0.2) is 0 Å². The summed E-state index contributed by atoms with van der Waals surface area (Å²) >= 11 is 0. The van der Waals surface area contributed by atoms with E-state index in [9.17, 15) is 14.4 Å². The maximum Gasteiger partial charge on any atom is 0.261 e. The molecule has 3 amide bonds. The molecule has 5 rings (SSSR count). The van der Waals surface area contributed by atoms with Gasteiger partial charge in [-0.1, -0.05) is 63.3 Å².